The van der Waals surface area contributed by atoms with Crippen molar-refractivity contribution in [3.8, 4) is 0 Å². The maximum Gasteiger partial charge on any atom is 0.255 e. The lowest BCUT2D eigenvalue weighted by molar-refractivity contribution is -0.130. The molecule has 0 unspecified atom stereocenters. The molecule has 0 bridgehead atoms. The van der Waals surface area contributed by atoms with Gasteiger partial charge in [0.25, 0.3) is 11.8 Å². The molecule has 2 rings (SSSR count). The van der Waals surface area contributed by atoms with Gasteiger partial charge in [-0.15, -0.1) is 0 Å². The minimum atomic E-state index is -1.01. The summed E-state index contributed by atoms with van der Waals surface area (Å²) >= 11 is 11.2. The van der Waals surface area contributed by atoms with Gasteiger partial charge in [0, 0.05) is 24.7 Å². The highest BCUT2D eigenvalue weighted by molar-refractivity contribution is 6.53. The molecule has 0 atom stereocenters. The summed E-state index contributed by atoms with van der Waals surface area (Å²) in [6.45, 7) is 3.04. The van der Waals surface area contributed by atoms with E-state index in [0.29, 0.717) is 31.5 Å². The van der Waals surface area contributed by atoms with E-state index < -0.39 is 4.84 Å². The van der Waals surface area contributed by atoms with Gasteiger partial charge in [-0.1, -0.05) is 41.4 Å². The molecule has 1 aliphatic rings. The average Bonchev–Trinajstić information content (AvgIpc) is 2.47. The minimum Gasteiger partial charge on any atom is -0.349 e. The average molecular weight is 329 g/mol. The predicted octanol–water partition coefficient (Wildman–Crippen LogP) is 2.52. The second kappa shape index (κ2) is 7.14. The van der Waals surface area contributed by atoms with Crippen molar-refractivity contribution in [1.29, 1.82) is 0 Å². The van der Waals surface area contributed by atoms with Crippen molar-refractivity contribution in [3.63, 3.8) is 0 Å². The van der Waals surface area contributed by atoms with Crippen LogP contribution in [0.5, 0.6) is 0 Å². The van der Waals surface area contributed by atoms with Crippen molar-refractivity contribution in [1.82, 2.24) is 10.2 Å². The second-order valence-corrected chi connectivity index (χ2v) is 6.28. The topological polar surface area (TPSA) is 49.4 Å². The Morgan fingerprint density at radius 3 is 2.43 bits per heavy atom. The van der Waals surface area contributed by atoms with Crippen LogP contribution in [0.4, 0.5) is 0 Å². The second-order valence-electron chi connectivity index (χ2n) is 5.19. The number of carbonyl (C=O) groups is 2. The fraction of sp³-hybridized carbons (Fsp3) is 0.467. The normalized spacial score (nSPS) is 16.1. The Hall–Kier alpha value is -1.26. The van der Waals surface area contributed by atoms with Crippen molar-refractivity contribution in [2.24, 2.45) is 0 Å². The molecule has 1 aromatic carbocycles. The van der Waals surface area contributed by atoms with E-state index in [2.05, 4.69) is 5.32 Å². The summed E-state index contributed by atoms with van der Waals surface area (Å²) < 4.78 is 0. The highest BCUT2D eigenvalue weighted by atomic mass is 35.5. The van der Waals surface area contributed by atoms with Crippen LogP contribution in [0.2, 0.25) is 0 Å². The van der Waals surface area contributed by atoms with Crippen molar-refractivity contribution < 1.29 is 9.59 Å². The Balaban J connectivity index is 1.88. The molecule has 0 aromatic heterocycles. The first-order chi connectivity index (χ1) is 9.99. The Labute approximate surface area is 134 Å². The molecule has 0 saturated carbocycles. The Kier molecular flexibility index (Phi) is 5.48. The van der Waals surface area contributed by atoms with Crippen LogP contribution in [-0.4, -0.2) is 40.7 Å². The lowest BCUT2D eigenvalue weighted by atomic mass is 10.0. The zero-order chi connectivity index (χ0) is 15.4. The molecule has 1 saturated heterocycles. The lowest BCUT2D eigenvalue weighted by Gasteiger charge is -2.32. The van der Waals surface area contributed by atoms with Crippen molar-refractivity contribution >= 4 is 35.0 Å². The predicted molar refractivity (Wildman–Crippen MR) is 83.7 cm³/mol. The van der Waals surface area contributed by atoms with Crippen molar-refractivity contribution in [3.05, 3.63) is 35.4 Å². The van der Waals surface area contributed by atoms with Crippen LogP contribution in [0.25, 0.3) is 0 Å². The molecule has 4 nitrogen and oxygen atoms in total. The first-order valence-corrected chi connectivity index (χ1v) is 7.79. The molecule has 6 heteroatoms. The largest absolute Gasteiger partial charge is 0.349 e. The molecule has 21 heavy (non-hydrogen) atoms. The molecule has 1 aromatic rings. The Morgan fingerprint density at radius 2 is 1.86 bits per heavy atom. The number of nitrogens with one attached hydrogen (secondary N) is 1. The standard InChI is InChI=1S/C15H18Cl2N2O2/c1-10-4-2-3-5-12(10)14(20)18-11-6-8-19(9-7-11)15(21)13(16)17/h2-5,11,13H,6-9H2,1H3,(H,18,20). The van der Waals surface area contributed by atoms with Crippen LogP contribution in [0.1, 0.15) is 28.8 Å². The van der Waals surface area contributed by atoms with E-state index >= 15 is 0 Å². The summed E-state index contributed by atoms with van der Waals surface area (Å²) in [5, 5.41) is 3.02. The first kappa shape index (κ1) is 16.1. The van der Waals surface area contributed by atoms with Crippen LogP contribution < -0.4 is 5.32 Å². The van der Waals surface area contributed by atoms with Crippen molar-refractivity contribution in [2.45, 2.75) is 30.6 Å². The molecule has 114 valence electrons. The van der Waals surface area contributed by atoms with Gasteiger partial charge in [-0.2, -0.15) is 0 Å². The van der Waals surface area contributed by atoms with Gasteiger partial charge in [0.15, 0.2) is 4.84 Å². The van der Waals surface area contributed by atoms with Gasteiger partial charge < -0.3 is 10.2 Å². The minimum absolute atomic E-state index is 0.0644. The number of likely N-dealkylation sites (tertiary alicyclic amines) is 1. The van der Waals surface area contributed by atoms with Crippen LogP contribution >= 0.6 is 23.2 Å². The van der Waals surface area contributed by atoms with Gasteiger partial charge in [0.2, 0.25) is 0 Å². The van der Waals surface area contributed by atoms with Crippen LogP contribution in [0, 0.1) is 6.92 Å². The molecule has 1 aliphatic heterocycles. The summed E-state index contributed by atoms with van der Waals surface area (Å²) in [5.74, 6) is -0.326. The number of rotatable bonds is 3. The molecule has 0 spiro atoms. The number of amides is 2. The third-order valence-electron chi connectivity index (χ3n) is 3.72. The maximum absolute atomic E-state index is 12.2. The highest BCUT2D eigenvalue weighted by Crippen LogP contribution is 2.16. The van der Waals surface area contributed by atoms with Crippen LogP contribution in [0.15, 0.2) is 24.3 Å². The summed E-state index contributed by atoms with van der Waals surface area (Å²) in [5.41, 5.74) is 1.65. The van der Waals surface area contributed by atoms with Crippen LogP contribution in [0.3, 0.4) is 0 Å². The van der Waals surface area contributed by atoms with E-state index in [1.807, 2.05) is 31.2 Å². The fourth-order valence-corrected chi connectivity index (χ4v) is 2.75. The number of hydrogen-bond acceptors (Lipinski definition) is 2. The van der Waals surface area contributed by atoms with E-state index in [1.165, 1.54) is 0 Å². The van der Waals surface area contributed by atoms with Gasteiger partial charge in [0.05, 0.1) is 0 Å². The van der Waals surface area contributed by atoms with Crippen LogP contribution in [-0.2, 0) is 4.79 Å². The number of aryl methyl sites for hydroxylation is 1. The SMILES string of the molecule is Cc1ccccc1C(=O)NC1CCN(C(=O)C(Cl)Cl)CC1. The smallest absolute Gasteiger partial charge is 0.255 e. The molecule has 1 N–H and O–H groups in total. The molecule has 1 heterocycles. The monoisotopic (exact) mass is 328 g/mol. The molecule has 0 radical (unpaired) electrons. The quantitative estimate of drug-likeness (QED) is 0.867. The number of hydrogen-bond donors (Lipinski definition) is 1. The lowest BCUT2D eigenvalue weighted by Crippen LogP contribution is -2.47. The summed E-state index contributed by atoms with van der Waals surface area (Å²) in [6, 6.07) is 7.56. The van der Waals surface area contributed by atoms with Gasteiger partial charge >= 0.3 is 0 Å². The zero-order valence-electron chi connectivity index (χ0n) is 11.8. The summed E-state index contributed by atoms with van der Waals surface area (Å²) in [7, 11) is 0. The fourth-order valence-electron chi connectivity index (χ4n) is 2.47. The zero-order valence-corrected chi connectivity index (χ0v) is 13.3. The number of alkyl halides is 2. The first-order valence-electron chi connectivity index (χ1n) is 6.92. The highest BCUT2D eigenvalue weighted by Gasteiger charge is 2.27. The molecule has 1 fully saturated rings. The number of carbonyl (C=O) groups excluding carboxylic acids is 2. The van der Waals surface area contributed by atoms with Gasteiger partial charge in [-0.3, -0.25) is 9.59 Å². The number of halogens is 2. The van der Waals surface area contributed by atoms with E-state index in [1.54, 1.807) is 4.90 Å². The number of piperidine rings is 1. The van der Waals surface area contributed by atoms with Gasteiger partial charge in [-0.25, -0.2) is 0 Å². The van der Waals surface area contributed by atoms with Crippen molar-refractivity contribution in [2.75, 3.05) is 13.1 Å². The molecular weight excluding hydrogens is 311 g/mol. The number of benzene rings is 1. The summed E-state index contributed by atoms with van der Waals surface area (Å²) in [6.07, 6.45) is 1.42. The van der Waals surface area contributed by atoms with Gasteiger partial charge in [0.1, 0.15) is 0 Å². The van der Waals surface area contributed by atoms with E-state index in [-0.39, 0.29) is 17.9 Å². The third kappa shape index (κ3) is 4.11. The van der Waals surface area contributed by atoms with E-state index in [0.717, 1.165) is 5.56 Å². The summed E-state index contributed by atoms with van der Waals surface area (Å²) in [4.78, 5) is 24.5. The van der Waals surface area contributed by atoms with E-state index in [9.17, 15) is 9.59 Å². The third-order valence-corrected chi connectivity index (χ3v) is 4.09. The maximum atomic E-state index is 12.2. The molecule has 0 aliphatic carbocycles. The number of nitrogens with zero attached hydrogens (tertiary/aromatic N) is 1. The molecule has 2 amide bonds. The Morgan fingerprint density at radius 1 is 1.24 bits per heavy atom. The Bertz CT molecular complexity index is 526. The molecular formula is C15H18Cl2N2O2. The van der Waals surface area contributed by atoms with Gasteiger partial charge in [-0.05, 0) is 31.4 Å². The van der Waals surface area contributed by atoms with E-state index in [4.69, 9.17) is 23.2 Å².